The molecule has 0 heterocycles. The maximum Gasteiger partial charge on any atom is 0.314 e. The number of phenols is 1. The van der Waals surface area contributed by atoms with Crippen molar-refractivity contribution in [2.24, 2.45) is 0 Å². The average Bonchev–Trinajstić information content (AvgIpc) is 2.19. The van der Waals surface area contributed by atoms with Gasteiger partial charge in [-0.05, 0) is 43.4 Å². The van der Waals surface area contributed by atoms with Crippen LogP contribution in [0.3, 0.4) is 0 Å². The zero-order valence-electron chi connectivity index (χ0n) is 9.90. The predicted molar refractivity (Wildman–Crippen MR) is 62.1 cm³/mol. The first-order valence-electron chi connectivity index (χ1n) is 5.59. The van der Waals surface area contributed by atoms with E-state index in [1.54, 1.807) is 26.0 Å². The van der Waals surface area contributed by atoms with Crippen LogP contribution in [0.4, 0.5) is 0 Å². The number of aromatic hydroxyl groups is 1. The van der Waals surface area contributed by atoms with Gasteiger partial charge in [0.2, 0.25) is 0 Å². The number of aliphatic hydroxyl groups is 1. The van der Waals surface area contributed by atoms with E-state index >= 15 is 0 Å². The minimum atomic E-state index is -0.983. The Labute approximate surface area is 99.5 Å². The molecule has 2 rings (SSSR count). The molecule has 1 fully saturated rings. The van der Waals surface area contributed by atoms with Gasteiger partial charge in [0.25, 0.3) is 0 Å². The number of benzene rings is 1. The summed E-state index contributed by atoms with van der Waals surface area (Å²) in [7, 11) is 0. The van der Waals surface area contributed by atoms with Gasteiger partial charge in [-0.25, -0.2) is 0 Å². The summed E-state index contributed by atoms with van der Waals surface area (Å²) in [4.78, 5) is 11.4. The van der Waals surface area contributed by atoms with E-state index < -0.39 is 17.5 Å². The molecule has 1 aliphatic rings. The van der Waals surface area contributed by atoms with E-state index in [1.807, 2.05) is 0 Å². The number of hydrogen-bond donors (Lipinski definition) is 3. The normalized spacial score (nSPS) is 27.6. The van der Waals surface area contributed by atoms with E-state index in [0.29, 0.717) is 16.7 Å². The summed E-state index contributed by atoms with van der Waals surface area (Å²) < 4.78 is 0. The molecule has 1 saturated carbocycles. The van der Waals surface area contributed by atoms with Gasteiger partial charge in [-0.3, -0.25) is 4.79 Å². The van der Waals surface area contributed by atoms with Crippen LogP contribution < -0.4 is 0 Å². The number of aliphatic hydroxyl groups excluding tert-OH is 1. The topological polar surface area (TPSA) is 77.8 Å². The lowest BCUT2D eigenvalue weighted by Gasteiger charge is -2.42. The molecule has 0 radical (unpaired) electrons. The van der Waals surface area contributed by atoms with Gasteiger partial charge >= 0.3 is 5.97 Å². The summed E-state index contributed by atoms with van der Waals surface area (Å²) in [6.45, 7) is 3.49. The summed E-state index contributed by atoms with van der Waals surface area (Å²) in [5.41, 5.74) is 1.02. The van der Waals surface area contributed by atoms with Gasteiger partial charge in [0.15, 0.2) is 0 Å². The smallest absolute Gasteiger partial charge is 0.314 e. The second-order valence-corrected chi connectivity index (χ2v) is 4.91. The maximum absolute atomic E-state index is 11.4. The molecule has 1 aromatic rings. The summed E-state index contributed by atoms with van der Waals surface area (Å²) in [5.74, 6) is -0.707. The quantitative estimate of drug-likeness (QED) is 0.727. The first-order chi connectivity index (χ1) is 7.86. The number of hydrogen-bond acceptors (Lipinski definition) is 3. The number of phenolic OH excluding ortho intramolecular Hbond substituents is 1. The zero-order chi connectivity index (χ0) is 12.8. The molecule has 17 heavy (non-hydrogen) atoms. The van der Waals surface area contributed by atoms with Gasteiger partial charge in [-0.1, -0.05) is 12.1 Å². The van der Waals surface area contributed by atoms with Crippen molar-refractivity contribution < 1.29 is 20.1 Å². The van der Waals surface area contributed by atoms with Crippen LogP contribution in [-0.4, -0.2) is 27.4 Å². The highest BCUT2D eigenvalue weighted by Crippen LogP contribution is 2.45. The molecular weight excluding hydrogens is 220 g/mol. The molecule has 0 spiro atoms. The fourth-order valence-electron chi connectivity index (χ4n) is 2.51. The van der Waals surface area contributed by atoms with Crippen molar-refractivity contribution in [1.82, 2.24) is 0 Å². The minimum Gasteiger partial charge on any atom is -0.507 e. The second kappa shape index (κ2) is 3.74. The maximum atomic E-state index is 11.4. The molecule has 0 saturated heterocycles. The Hall–Kier alpha value is -1.55. The summed E-state index contributed by atoms with van der Waals surface area (Å²) >= 11 is 0. The number of aryl methyl sites for hydroxylation is 2. The van der Waals surface area contributed by atoms with Crippen LogP contribution in [0.1, 0.15) is 29.5 Å². The number of carboxylic acids is 1. The fraction of sp³-hybridized carbons (Fsp3) is 0.462. The predicted octanol–water partition coefficient (Wildman–Crippen LogP) is 1.49. The Morgan fingerprint density at radius 1 is 1.29 bits per heavy atom. The van der Waals surface area contributed by atoms with E-state index in [0.717, 1.165) is 0 Å². The van der Waals surface area contributed by atoms with Gasteiger partial charge in [0.1, 0.15) is 5.75 Å². The lowest BCUT2D eigenvalue weighted by Crippen LogP contribution is -2.50. The van der Waals surface area contributed by atoms with Crippen LogP contribution >= 0.6 is 0 Å². The Morgan fingerprint density at radius 3 is 2.12 bits per heavy atom. The third-order valence-electron chi connectivity index (χ3n) is 3.62. The lowest BCUT2D eigenvalue weighted by atomic mass is 9.62. The van der Waals surface area contributed by atoms with Crippen LogP contribution in [0.25, 0.3) is 0 Å². The third-order valence-corrected chi connectivity index (χ3v) is 3.62. The highest BCUT2D eigenvalue weighted by atomic mass is 16.4. The Bertz CT molecular complexity index is 449. The van der Waals surface area contributed by atoms with Gasteiger partial charge in [-0.15, -0.1) is 0 Å². The van der Waals surface area contributed by atoms with Crippen LogP contribution in [-0.2, 0) is 10.2 Å². The Kier molecular flexibility index (Phi) is 2.62. The summed E-state index contributed by atoms with van der Waals surface area (Å²) in [6, 6.07) is 3.39. The van der Waals surface area contributed by atoms with Crippen LogP contribution in [0, 0.1) is 13.8 Å². The van der Waals surface area contributed by atoms with E-state index in [2.05, 4.69) is 0 Å². The highest BCUT2D eigenvalue weighted by Gasteiger charge is 2.51. The molecule has 0 unspecified atom stereocenters. The molecule has 1 aromatic carbocycles. The first-order valence-corrected chi connectivity index (χ1v) is 5.59. The number of rotatable bonds is 2. The molecule has 0 amide bonds. The largest absolute Gasteiger partial charge is 0.507 e. The molecule has 0 aromatic heterocycles. The molecule has 0 atom stereocenters. The minimum absolute atomic E-state index is 0.203. The number of aliphatic carboxylic acids is 1. The third kappa shape index (κ3) is 1.69. The highest BCUT2D eigenvalue weighted by molar-refractivity contribution is 5.83. The van der Waals surface area contributed by atoms with Crippen molar-refractivity contribution >= 4 is 5.97 Å². The fourth-order valence-corrected chi connectivity index (χ4v) is 2.51. The van der Waals surface area contributed by atoms with Gasteiger partial charge in [0, 0.05) is 0 Å². The number of carbonyl (C=O) groups is 1. The monoisotopic (exact) mass is 236 g/mol. The van der Waals surface area contributed by atoms with E-state index in [9.17, 15) is 20.1 Å². The second-order valence-electron chi connectivity index (χ2n) is 4.91. The molecule has 0 aliphatic heterocycles. The summed E-state index contributed by atoms with van der Waals surface area (Å²) in [6.07, 6.45) is -0.0571. The van der Waals surface area contributed by atoms with Gasteiger partial charge in [0.05, 0.1) is 11.5 Å². The molecular formula is C13H16O4. The molecule has 1 aliphatic carbocycles. The van der Waals surface area contributed by atoms with E-state index in [1.165, 1.54) is 0 Å². The van der Waals surface area contributed by atoms with Crippen LogP contribution in [0.2, 0.25) is 0 Å². The first kappa shape index (κ1) is 11.9. The zero-order valence-corrected chi connectivity index (χ0v) is 9.90. The average molecular weight is 236 g/mol. The molecule has 92 valence electrons. The van der Waals surface area contributed by atoms with Crippen molar-refractivity contribution in [2.75, 3.05) is 0 Å². The Morgan fingerprint density at radius 2 is 1.76 bits per heavy atom. The lowest BCUT2D eigenvalue weighted by molar-refractivity contribution is -0.152. The standard InChI is InChI=1S/C13H16O4/c1-7-3-9(4-8(2)11(7)15)13(12(16)17)5-10(14)6-13/h3-4,10,14-15H,5-6H2,1-2H3,(H,16,17). The van der Waals surface area contributed by atoms with Crippen molar-refractivity contribution in [1.29, 1.82) is 0 Å². The van der Waals surface area contributed by atoms with Crippen molar-refractivity contribution in [2.45, 2.75) is 38.2 Å². The van der Waals surface area contributed by atoms with E-state index in [4.69, 9.17) is 0 Å². The summed E-state index contributed by atoms with van der Waals surface area (Å²) in [5, 5.41) is 28.4. The molecule has 0 bridgehead atoms. The Balaban J connectivity index is 2.49. The van der Waals surface area contributed by atoms with Crippen molar-refractivity contribution in [3.63, 3.8) is 0 Å². The SMILES string of the molecule is Cc1cc(C2(C(=O)O)CC(O)C2)cc(C)c1O. The van der Waals surface area contributed by atoms with E-state index in [-0.39, 0.29) is 18.6 Å². The van der Waals surface area contributed by atoms with Gasteiger partial charge < -0.3 is 15.3 Å². The van der Waals surface area contributed by atoms with Crippen molar-refractivity contribution in [3.8, 4) is 5.75 Å². The molecule has 3 N–H and O–H groups in total. The van der Waals surface area contributed by atoms with Crippen LogP contribution in [0.5, 0.6) is 5.75 Å². The van der Waals surface area contributed by atoms with Crippen molar-refractivity contribution in [3.05, 3.63) is 28.8 Å². The molecule has 4 heteroatoms. The molecule has 4 nitrogen and oxygen atoms in total. The number of carboxylic acid groups (broad SMARTS) is 1. The van der Waals surface area contributed by atoms with Crippen LogP contribution in [0.15, 0.2) is 12.1 Å². The van der Waals surface area contributed by atoms with Gasteiger partial charge in [-0.2, -0.15) is 0 Å².